The van der Waals surface area contributed by atoms with Crippen molar-refractivity contribution >= 4 is 5.91 Å². The van der Waals surface area contributed by atoms with Crippen LogP contribution in [0.25, 0.3) is 0 Å². The Kier molecular flexibility index (Phi) is 4.41. The van der Waals surface area contributed by atoms with Gasteiger partial charge in [0.25, 0.3) is 5.91 Å². The molecule has 0 bridgehead atoms. The second-order valence-electron chi connectivity index (χ2n) is 5.45. The number of aryl methyl sites for hydroxylation is 2. The first kappa shape index (κ1) is 14.5. The maximum Gasteiger partial charge on any atom is 0.254 e. The minimum absolute atomic E-state index is 0.0760. The summed E-state index contributed by atoms with van der Waals surface area (Å²) in [4.78, 5) is 16.6. The molecule has 0 aromatic heterocycles. The number of piperazine rings is 1. The van der Waals surface area contributed by atoms with Gasteiger partial charge in [0.2, 0.25) is 0 Å². The van der Waals surface area contributed by atoms with E-state index in [1.807, 2.05) is 43.9 Å². The van der Waals surface area contributed by atoms with Crippen LogP contribution in [0.1, 0.15) is 28.4 Å². The van der Waals surface area contributed by atoms with Crippen molar-refractivity contribution in [1.82, 2.24) is 9.80 Å². The fraction of sp³-hybridized carbons (Fsp3) is 0.500. The lowest BCUT2D eigenvalue weighted by Crippen LogP contribution is -2.51. The molecule has 1 amide bonds. The molecular weight excluding hydrogens is 250 g/mol. The first-order valence-electron chi connectivity index (χ1n) is 7.03. The van der Waals surface area contributed by atoms with E-state index in [-0.39, 0.29) is 11.9 Å². The van der Waals surface area contributed by atoms with E-state index in [0.29, 0.717) is 13.1 Å². The number of carbonyl (C=O) groups excluding carboxylic acids is 1. The van der Waals surface area contributed by atoms with Crippen LogP contribution in [0.4, 0.5) is 0 Å². The van der Waals surface area contributed by atoms with E-state index in [0.717, 1.165) is 29.8 Å². The largest absolute Gasteiger partial charge is 0.336 e. The molecule has 1 aliphatic heterocycles. The van der Waals surface area contributed by atoms with Crippen molar-refractivity contribution in [1.29, 1.82) is 5.26 Å². The van der Waals surface area contributed by atoms with E-state index in [1.54, 1.807) is 0 Å². The molecule has 4 heteroatoms. The third-order valence-corrected chi connectivity index (χ3v) is 3.96. The van der Waals surface area contributed by atoms with Gasteiger partial charge in [-0.2, -0.15) is 5.26 Å². The molecule has 0 spiro atoms. The van der Waals surface area contributed by atoms with Crippen LogP contribution in [-0.2, 0) is 0 Å². The molecule has 4 nitrogen and oxygen atoms in total. The quantitative estimate of drug-likeness (QED) is 0.826. The lowest BCUT2D eigenvalue weighted by atomic mass is 10.0. The highest BCUT2D eigenvalue weighted by molar-refractivity contribution is 5.95. The lowest BCUT2D eigenvalue weighted by molar-refractivity contribution is 0.0615. The Morgan fingerprint density at radius 2 is 1.90 bits per heavy atom. The van der Waals surface area contributed by atoms with Gasteiger partial charge >= 0.3 is 0 Å². The SMILES string of the molecule is Cc1ccc(C)c(C(=O)N2CCN(C(C)C#N)CC2)c1. The number of nitriles is 1. The average molecular weight is 271 g/mol. The molecule has 0 radical (unpaired) electrons. The van der Waals surface area contributed by atoms with Crippen molar-refractivity contribution in [3.8, 4) is 6.07 Å². The highest BCUT2D eigenvalue weighted by atomic mass is 16.2. The minimum atomic E-state index is -0.0760. The van der Waals surface area contributed by atoms with Gasteiger partial charge in [-0.15, -0.1) is 0 Å². The molecule has 0 aliphatic carbocycles. The van der Waals surface area contributed by atoms with Crippen LogP contribution in [0.5, 0.6) is 0 Å². The van der Waals surface area contributed by atoms with Crippen molar-refractivity contribution in [2.24, 2.45) is 0 Å². The number of nitrogens with zero attached hydrogens (tertiary/aromatic N) is 3. The van der Waals surface area contributed by atoms with Gasteiger partial charge in [0, 0.05) is 31.7 Å². The van der Waals surface area contributed by atoms with Gasteiger partial charge in [-0.05, 0) is 32.4 Å². The average Bonchev–Trinajstić information content (AvgIpc) is 2.48. The zero-order valence-corrected chi connectivity index (χ0v) is 12.4. The first-order chi connectivity index (χ1) is 9.52. The Morgan fingerprint density at radius 1 is 1.25 bits per heavy atom. The first-order valence-corrected chi connectivity index (χ1v) is 7.03. The van der Waals surface area contributed by atoms with Gasteiger partial charge in [-0.1, -0.05) is 17.7 Å². The minimum Gasteiger partial charge on any atom is -0.336 e. The Bertz CT molecular complexity index is 539. The molecule has 0 N–H and O–H groups in total. The molecule has 106 valence electrons. The van der Waals surface area contributed by atoms with Crippen LogP contribution in [0.15, 0.2) is 18.2 Å². The summed E-state index contributed by atoms with van der Waals surface area (Å²) in [6.45, 7) is 8.80. The molecule has 2 rings (SSSR count). The van der Waals surface area contributed by atoms with E-state index in [2.05, 4.69) is 11.0 Å². The maximum absolute atomic E-state index is 12.6. The van der Waals surface area contributed by atoms with Crippen LogP contribution in [-0.4, -0.2) is 47.9 Å². The molecule has 20 heavy (non-hydrogen) atoms. The van der Waals surface area contributed by atoms with E-state index in [4.69, 9.17) is 5.26 Å². The molecule has 1 heterocycles. The third-order valence-electron chi connectivity index (χ3n) is 3.96. The van der Waals surface area contributed by atoms with Crippen molar-refractivity contribution in [2.45, 2.75) is 26.8 Å². The number of rotatable bonds is 2. The molecule has 1 aliphatic rings. The molecule has 1 aromatic carbocycles. The van der Waals surface area contributed by atoms with Crippen LogP contribution >= 0.6 is 0 Å². The lowest BCUT2D eigenvalue weighted by Gasteiger charge is -2.36. The number of benzene rings is 1. The second-order valence-corrected chi connectivity index (χ2v) is 5.45. The third kappa shape index (κ3) is 3.00. The van der Waals surface area contributed by atoms with Crippen LogP contribution in [0, 0.1) is 25.2 Å². The predicted octanol–water partition coefficient (Wildman–Crippen LogP) is 1.97. The summed E-state index contributed by atoms with van der Waals surface area (Å²) in [5, 5.41) is 8.93. The zero-order chi connectivity index (χ0) is 14.7. The number of carbonyl (C=O) groups is 1. The summed E-state index contributed by atoms with van der Waals surface area (Å²) in [7, 11) is 0. The standard InChI is InChI=1S/C16H21N3O/c1-12-4-5-13(2)15(10-12)16(20)19-8-6-18(7-9-19)14(3)11-17/h4-5,10,14H,6-9H2,1-3H3. The zero-order valence-electron chi connectivity index (χ0n) is 12.4. The summed E-state index contributed by atoms with van der Waals surface area (Å²) >= 11 is 0. The van der Waals surface area contributed by atoms with Gasteiger partial charge in [0.1, 0.15) is 0 Å². The molecule has 1 saturated heterocycles. The molecule has 1 unspecified atom stereocenters. The summed E-state index contributed by atoms with van der Waals surface area (Å²) in [5.41, 5.74) is 2.93. The van der Waals surface area contributed by atoms with Gasteiger partial charge in [0.05, 0.1) is 12.1 Å². The van der Waals surface area contributed by atoms with E-state index >= 15 is 0 Å². The molecule has 0 saturated carbocycles. The van der Waals surface area contributed by atoms with Gasteiger partial charge in [-0.3, -0.25) is 9.69 Å². The molecule has 1 atom stereocenters. The van der Waals surface area contributed by atoms with Crippen LogP contribution in [0.3, 0.4) is 0 Å². The maximum atomic E-state index is 12.6. The van der Waals surface area contributed by atoms with Crippen molar-refractivity contribution < 1.29 is 4.79 Å². The summed E-state index contributed by atoms with van der Waals surface area (Å²) < 4.78 is 0. The van der Waals surface area contributed by atoms with Gasteiger partial charge in [0.15, 0.2) is 0 Å². The summed E-state index contributed by atoms with van der Waals surface area (Å²) in [6, 6.07) is 8.16. The molecule has 1 fully saturated rings. The molecule has 1 aromatic rings. The summed E-state index contributed by atoms with van der Waals surface area (Å²) in [6.07, 6.45) is 0. The van der Waals surface area contributed by atoms with Crippen LogP contribution in [0.2, 0.25) is 0 Å². The number of amides is 1. The monoisotopic (exact) mass is 271 g/mol. The van der Waals surface area contributed by atoms with Crippen LogP contribution < -0.4 is 0 Å². The fourth-order valence-corrected chi connectivity index (χ4v) is 2.53. The number of hydrogen-bond acceptors (Lipinski definition) is 3. The van der Waals surface area contributed by atoms with Gasteiger partial charge < -0.3 is 4.90 Å². The van der Waals surface area contributed by atoms with Crippen molar-refractivity contribution in [2.75, 3.05) is 26.2 Å². The Balaban J connectivity index is 2.05. The Labute approximate surface area is 120 Å². The van der Waals surface area contributed by atoms with E-state index in [9.17, 15) is 4.79 Å². The topological polar surface area (TPSA) is 47.3 Å². The second kappa shape index (κ2) is 6.06. The molecular formula is C16H21N3O. The van der Waals surface area contributed by atoms with Crippen molar-refractivity contribution in [3.63, 3.8) is 0 Å². The highest BCUT2D eigenvalue weighted by Crippen LogP contribution is 2.15. The van der Waals surface area contributed by atoms with E-state index in [1.165, 1.54) is 0 Å². The predicted molar refractivity (Wildman–Crippen MR) is 78.5 cm³/mol. The fourth-order valence-electron chi connectivity index (χ4n) is 2.53. The van der Waals surface area contributed by atoms with Gasteiger partial charge in [-0.25, -0.2) is 0 Å². The Morgan fingerprint density at radius 3 is 2.50 bits per heavy atom. The highest BCUT2D eigenvalue weighted by Gasteiger charge is 2.25. The normalized spacial score (nSPS) is 17.6. The smallest absolute Gasteiger partial charge is 0.254 e. The van der Waals surface area contributed by atoms with E-state index < -0.39 is 0 Å². The van der Waals surface area contributed by atoms with Crippen molar-refractivity contribution in [3.05, 3.63) is 34.9 Å². The summed E-state index contributed by atoms with van der Waals surface area (Å²) in [5.74, 6) is 0.107. The number of hydrogen-bond donors (Lipinski definition) is 0. The Hall–Kier alpha value is -1.86.